The molecule has 0 radical (unpaired) electrons. The minimum Gasteiger partial charge on any atom is -0.748 e. The van der Waals surface area contributed by atoms with Gasteiger partial charge in [0, 0.05) is 5.25 Å². The number of aliphatic hydroxyl groups excluding tert-OH is 1. The number of unbranched alkanes of at least 4 members (excludes halogenated alkanes) is 10. The van der Waals surface area contributed by atoms with Crippen molar-refractivity contribution in [3.63, 3.8) is 0 Å². The molecule has 25 heavy (non-hydrogen) atoms. The van der Waals surface area contributed by atoms with Crippen LogP contribution in [0, 0.1) is 0 Å². The molecule has 0 aromatic rings. The van der Waals surface area contributed by atoms with E-state index in [1.54, 1.807) is 6.92 Å². The minimum atomic E-state index is -4.10. The first-order valence-corrected chi connectivity index (χ1v) is 11.5. The van der Waals surface area contributed by atoms with Gasteiger partial charge in [0.1, 0.15) is 0 Å². The summed E-state index contributed by atoms with van der Waals surface area (Å²) in [6.45, 7) is 3.80. The van der Waals surface area contributed by atoms with E-state index in [9.17, 15) is 18.1 Å². The van der Waals surface area contributed by atoms with Crippen molar-refractivity contribution >= 4 is 10.1 Å². The van der Waals surface area contributed by atoms with E-state index in [0.717, 1.165) is 38.5 Å². The largest absolute Gasteiger partial charge is 1.00 e. The van der Waals surface area contributed by atoms with Crippen molar-refractivity contribution in [2.45, 2.75) is 122 Å². The van der Waals surface area contributed by atoms with Gasteiger partial charge in [0.05, 0.1) is 16.2 Å². The van der Waals surface area contributed by atoms with E-state index in [0.29, 0.717) is 12.8 Å². The fraction of sp³-hybridized carbons (Fsp3) is 1.00. The summed E-state index contributed by atoms with van der Waals surface area (Å²) in [6.07, 6.45) is 15.7. The Morgan fingerprint density at radius 1 is 0.720 bits per heavy atom. The summed E-state index contributed by atoms with van der Waals surface area (Å²) >= 11 is 0. The molecule has 0 saturated carbocycles. The zero-order chi connectivity index (χ0) is 18.3. The van der Waals surface area contributed by atoms with Crippen LogP contribution in [-0.2, 0) is 10.1 Å². The molecule has 0 amide bonds. The molecule has 0 heterocycles. The van der Waals surface area contributed by atoms with Gasteiger partial charge in [-0.05, 0) is 25.7 Å². The Balaban J connectivity index is 0. The van der Waals surface area contributed by atoms with Crippen LogP contribution in [0.1, 0.15) is 110 Å². The van der Waals surface area contributed by atoms with E-state index in [1.807, 2.05) is 6.92 Å². The van der Waals surface area contributed by atoms with Gasteiger partial charge in [0.25, 0.3) is 0 Å². The Hall–Kier alpha value is 1.51. The normalized spacial score (nSPS) is 14.1. The molecule has 0 aromatic carbocycles. The summed E-state index contributed by atoms with van der Waals surface area (Å²) in [5.74, 6) is 0. The Morgan fingerprint density at radius 2 is 1.08 bits per heavy atom. The maximum atomic E-state index is 11.0. The number of aliphatic hydroxyl groups is 1. The Bertz CT molecular complexity index is 374. The molecule has 2 atom stereocenters. The Labute approximate surface area is 199 Å². The molecule has 0 saturated heterocycles. The maximum absolute atomic E-state index is 11.0. The maximum Gasteiger partial charge on any atom is 1.00 e. The molecule has 146 valence electrons. The molecule has 0 fully saturated rings. The van der Waals surface area contributed by atoms with Crippen molar-refractivity contribution in [1.29, 1.82) is 0 Å². The summed E-state index contributed by atoms with van der Waals surface area (Å²) in [5.41, 5.74) is 0. The summed E-state index contributed by atoms with van der Waals surface area (Å²) in [7, 11) is -4.10. The van der Waals surface area contributed by atoms with Crippen molar-refractivity contribution in [3.8, 4) is 0 Å². The molecule has 0 aromatic heterocycles. The van der Waals surface area contributed by atoms with Gasteiger partial charge in [-0.15, -0.1) is 0 Å². The van der Waals surface area contributed by atoms with Crippen molar-refractivity contribution < 1.29 is 69.5 Å². The van der Waals surface area contributed by atoms with E-state index in [-0.39, 0.29) is 57.5 Å². The van der Waals surface area contributed by atoms with E-state index < -0.39 is 15.4 Å². The average molecular weight is 403 g/mol. The fourth-order valence-electron chi connectivity index (χ4n) is 3.10. The molecular weight excluding hydrogens is 363 g/mol. The molecule has 0 aliphatic heterocycles. The molecule has 1 N–H and O–H groups in total. The molecule has 0 bridgehead atoms. The van der Waals surface area contributed by atoms with Crippen LogP contribution in [-0.4, -0.2) is 29.4 Å². The first-order valence-electron chi connectivity index (χ1n) is 10.0. The predicted molar refractivity (Wildman–Crippen MR) is 100 cm³/mol. The zero-order valence-corrected chi connectivity index (χ0v) is 20.8. The van der Waals surface area contributed by atoms with Crippen LogP contribution in [0.3, 0.4) is 0 Å². The van der Waals surface area contributed by atoms with Crippen LogP contribution >= 0.6 is 0 Å². The number of hydrogen-bond donors (Lipinski definition) is 1. The summed E-state index contributed by atoms with van der Waals surface area (Å²) in [6, 6.07) is 0. The molecule has 2 unspecified atom stereocenters. The van der Waals surface area contributed by atoms with Gasteiger partial charge in [-0.1, -0.05) is 84.5 Å². The molecule has 0 aliphatic carbocycles. The van der Waals surface area contributed by atoms with E-state index in [2.05, 4.69) is 0 Å². The van der Waals surface area contributed by atoms with Crippen LogP contribution in [0.5, 0.6) is 0 Å². The second-order valence-corrected chi connectivity index (χ2v) is 8.70. The quantitative estimate of drug-likeness (QED) is 0.230. The molecule has 6 heteroatoms. The monoisotopic (exact) mass is 402 g/mol. The zero-order valence-electron chi connectivity index (χ0n) is 16.8. The van der Waals surface area contributed by atoms with E-state index in [1.165, 1.54) is 44.9 Å². The smallest absolute Gasteiger partial charge is 0.748 e. The number of rotatable bonds is 17. The number of hydrogen-bond acceptors (Lipinski definition) is 4. The van der Waals surface area contributed by atoms with Crippen LogP contribution in [0.25, 0.3) is 0 Å². The van der Waals surface area contributed by atoms with E-state index in [4.69, 9.17) is 0 Å². The van der Waals surface area contributed by atoms with Gasteiger partial charge in [0.2, 0.25) is 0 Å². The van der Waals surface area contributed by atoms with Crippen molar-refractivity contribution in [2.75, 3.05) is 0 Å². The van der Waals surface area contributed by atoms with Crippen molar-refractivity contribution in [1.82, 2.24) is 0 Å². The first-order chi connectivity index (χ1) is 11.4. The van der Waals surface area contributed by atoms with Gasteiger partial charge in [-0.25, -0.2) is 8.42 Å². The summed E-state index contributed by atoms with van der Waals surface area (Å²) in [4.78, 5) is 0. The second kappa shape index (κ2) is 18.9. The van der Waals surface area contributed by atoms with Crippen LogP contribution in [0.2, 0.25) is 0 Å². The van der Waals surface area contributed by atoms with Gasteiger partial charge in [-0.2, -0.15) is 0 Å². The summed E-state index contributed by atoms with van der Waals surface area (Å²) in [5, 5.41) is 8.77. The van der Waals surface area contributed by atoms with Gasteiger partial charge < -0.3 is 9.66 Å². The third-order valence-electron chi connectivity index (χ3n) is 4.90. The van der Waals surface area contributed by atoms with Crippen LogP contribution in [0.4, 0.5) is 0 Å². The Kier molecular flexibility index (Phi) is 21.7. The molecule has 0 aliphatic rings. The minimum absolute atomic E-state index is 0. The molecule has 4 nitrogen and oxygen atoms in total. The van der Waals surface area contributed by atoms with Gasteiger partial charge in [-0.3, -0.25) is 0 Å². The molecule has 0 spiro atoms. The second-order valence-electron chi connectivity index (χ2n) is 7.05. The SMILES string of the molecule is CCC(O)CCCCCCCCCCCCCC(CC)S(=O)(=O)[O-].[K+]. The fourth-order valence-corrected chi connectivity index (χ4v) is 3.96. The third-order valence-corrected chi connectivity index (χ3v) is 6.28. The van der Waals surface area contributed by atoms with E-state index >= 15 is 0 Å². The third kappa shape index (κ3) is 18.6. The predicted octanol–water partition coefficient (Wildman–Crippen LogP) is 2.16. The Morgan fingerprint density at radius 3 is 1.40 bits per heavy atom. The molecule has 0 rings (SSSR count). The van der Waals surface area contributed by atoms with Crippen molar-refractivity contribution in [3.05, 3.63) is 0 Å². The first kappa shape index (κ1) is 28.7. The standard InChI is InChI=1S/C19H40O4S.K/c1-3-18(20)16-14-12-10-8-6-5-7-9-11-13-15-17-19(4-2)24(21,22)23;/h18-20H,3-17H2,1-2H3,(H,21,22,23);/q;+1/p-1. The topological polar surface area (TPSA) is 77.4 Å². The molecular formula is C19H39KO4S. The summed E-state index contributed by atoms with van der Waals surface area (Å²) < 4.78 is 32.9. The van der Waals surface area contributed by atoms with Gasteiger partial charge in [0.15, 0.2) is 0 Å². The van der Waals surface area contributed by atoms with Gasteiger partial charge >= 0.3 is 51.4 Å². The van der Waals surface area contributed by atoms with Crippen LogP contribution < -0.4 is 51.4 Å². The average Bonchev–Trinajstić information content (AvgIpc) is 2.53. The van der Waals surface area contributed by atoms with Crippen LogP contribution in [0.15, 0.2) is 0 Å². The van der Waals surface area contributed by atoms with Crippen molar-refractivity contribution in [2.24, 2.45) is 0 Å².